The fourth-order valence-electron chi connectivity index (χ4n) is 1.42. The first-order chi connectivity index (χ1) is 7.91. The maximum Gasteiger partial charge on any atom is 0.336 e. The summed E-state index contributed by atoms with van der Waals surface area (Å²) in [5.74, 6) is -0.936. The van der Waals surface area contributed by atoms with Crippen LogP contribution in [0.4, 0.5) is 5.69 Å². The van der Waals surface area contributed by atoms with Crippen LogP contribution in [0, 0.1) is 6.92 Å². The Labute approximate surface area is 106 Å². The molecule has 0 saturated heterocycles. The van der Waals surface area contributed by atoms with E-state index in [0.717, 1.165) is 0 Å². The fraction of sp³-hybridized carbons (Fsp3) is 0.333. The average molecular weight is 252 g/mol. The molecule has 1 aromatic rings. The van der Waals surface area contributed by atoms with Gasteiger partial charge in [0, 0.05) is 11.7 Å². The van der Waals surface area contributed by atoms with E-state index in [9.17, 15) is 4.79 Å². The Kier molecular flexibility index (Phi) is 4.45. The minimum Gasteiger partial charge on any atom is -0.478 e. The third kappa shape index (κ3) is 3.71. The van der Waals surface area contributed by atoms with E-state index in [2.05, 4.69) is 10.6 Å². The predicted octanol–water partition coefficient (Wildman–Crippen LogP) is 2.39. The second-order valence-electron chi connectivity index (χ2n) is 4.04. The number of hydrogen-bond donors (Lipinski definition) is 3. The molecule has 0 radical (unpaired) electrons. The minimum absolute atomic E-state index is 0.234. The van der Waals surface area contributed by atoms with E-state index in [1.807, 2.05) is 13.8 Å². The fourth-order valence-corrected chi connectivity index (χ4v) is 1.77. The molecule has 0 heterocycles. The highest BCUT2D eigenvalue weighted by molar-refractivity contribution is 7.80. The van der Waals surface area contributed by atoms with Gasteiger partial charge in [-0.15, -0.1) is 0 Å². The van der Waals surface area contributed by atoms with E-state index in [-0.39, 0.29) is 11.6 Å². The maximum absolute atomic E-state index is 11.0. The van der Waals surface area contributed by atoms with Gasteiger partial charge in [0.25, 0.3) is 0 Å². The lowest BCUT2D eigenvalue weighted by molar-refractivity contribution is 0.0696. The van der Waals surface area contributed by atoms with Gasteiger partial charge in [-0.05, 0) is 50.7 Å². The molecule has 0 unspecified atom stereocenters. The lowest BCUT2D eigenvalue weighted by Gasteiger charge is -2.15. The first kappa shape index (κ1) is 13.4. The van der Waals surface area contributed by atoms with E-state index >= 15 is 0 Å². The van der Waals surface area contributed by atoms with Gasteiger partial charge in [0.15, 0.2) is 5.11 Å². The van der Waals surface area contributed by atoms with Crippen molar-refractivity contribution in [2.45, 2.75) is 26.8 Å². The van der Waals surface area contributed by atoms with Gasteiger partial charge in [-0.25, -0.2) is 4.79 Å². The Morgan fingerprint density at radius 1 is 1.41 bits per heavy atom. The summed E-state index contributed by atoms with van der Waals surface area (Å²) in [6.07, 6.45) is 0. The Bertz CT molecular complexity index is 444. The van der Waals surface area contributed by atoms with Gasteiger partial charge in [0.05, 0.1) is 5.56 Å². The molecule has 0 atom stereocenters. The van der Waals surface area contributed by atoms with Crippen LogP contribution >= 0.6 is 12.2 Å². The van der Waals surface area contributed by atoms with Crippen LogP contribution in [0.15, 0.2) is 18.2 Å². The van der Waals surface area contributed by atoms with Gasteiger partial charge in [-0.2, -0.15) is 0 Å². The van der Waals surface area contributed by atoms with Crippen LogP contribution in [-0.4, -0.2) is 22.2 Å². The molecule has 0 saturated carbocycles. The number of rotatable bonds is 3. The summed E-state index contributed by atoms with van der Waals surface area (Å²) in [5.41, 5.74) is 1.67. The highest BCUT2D eigenvalue weighted by Crippen LogP contribution is 2.18. The van der Waals surface area contributed by atoms with Gasteiger partial charge in [-0.1, -0.05) is 6.07 Å². The molecule has 1 aromatic carbocycles. The molecule has 0 amide bonds. The molecule has 0 fully saturated rings. The zero-order valence-electron chi connectivity index (χ0n) is 10.1. The number of hydrogen-bond acceptors (Lipinski definition) is 2. The maximum atomic E-state index is 11.0. The molecule has 3 N–H and O–H groups in total. The molecule has 0 spiro atoms. The predicted molar refractivity (Wildman–Crippen MR) is 72.6 cm³/mol. The topological polar surface area (TPSA) is 61.4 Å². The average Bonchev–Trinajstić information content (AvgIpc) is 2.19. The Morgan fingerprint density at radius 2 is 2.06 bits per heavy atom. The Balaban J connectivity index is 2.89. The second-order valence-corrected chi connectivity index (χ2v) is 4.44. The monoisotopic (exact) mass is 252 g/mol. The van der Waals surface area contributed by atoms with Crippen molar-refractivity contribution in [3.63, 3.8) is 0 Å². The largest absolute Gasteiger partial charge is 0.478 e. The van der Waals surface area contributed by atoms with Crippen molar-refractivity contribution in [2.75, 3.05) is 5.32 Å². The van der Waals surface area contributed by atoms with Crippen LogP contribution in [0.25, 0.3) is 0 Å². The third-order valence-corrected chi connectivity index (χ3v) is 2.45. The Morgan fingerprint density at radius 3 is 2.59 bits per heavy atom. The van der Waals surface area contributed by atoms with Crippen molar-refractivity contribution in [2.24, 2.45) is 0 Å². The molecule has 0 aromatic heterocycles. The molecular formula is C12H16N2O2S. The minimum atomic E-state index is -0.936. The van der Waals surface area contributed by atoms with Crippen LogP contribution in [0.3, 0.4) is 0 Å². The second kappa shape index (κ2) is 5.63. The van der Waals surface area contributed by atoms with Crippen LogP contribution in [0.1, 0.15) is 29.8 Å². The van der Waals surface area contributed by atoms with Crippen LogP contribution in [0.2, 0.25) is 0 Å². The molecule has 0 aliphatic carbocycles. The normalized spacial score (nSPS) is 10.1. The van der Waals surface area contributed by atoms with Crippen molar-refractivity contribution >= 4 is 29.0 Å². The smallest absolute Gasteiger partial charge is 0.336 e. The van der Waals surface area contributed by atoms with Crippen molar-refractivity contribution in [1.29, 1.82) is 0 Å². The summed E-state index contributed by atoms with van der Waals surface area (Å²) in [6.45, 7) is 5.72. The number of thiocarbonyl (C=S) groups is 1. The number of nitrogens with one attached hydrogen (secondary N) is 2. The molecule has 1 rings (SSSR count). The van der Waals surface area contributed by atoms with Gasteiger partial charge < -0.3 is 15.7 Å². The van der Waals surface area contributed by atoms with Crippen LogP contribution in [0.5, 0.6) is 0 Å². The van der Waals surface area contributed by atoms with E-state index < -0.39 is 5.97 Å². The Hall–Kier alpha value is -1.62. The lowest BCUT2D eigenvalue weighted by atomic mass is 10.1. The molecule has 17 heavy (non-hydrogen) atoms. The SMILES string of the molecule is Cc1c(NC(=S)NC(C)C)cccc1C(=O)O. The van der Waals surface area contributed by atoms with E-state index in [4.69, 9.17) is 17.3 Å². The summed E-state index contributed by atoms with van der Waals surface area (Å²) in [6, 6.07) is 5.30. The highest BCUT2D eigenvalue weighted by atomic mass is 32.1. The number of benzene rings is 1. The number of carboxylic acid groups (broad SMARTS) is 1. The summed E-state index contributed by atoms with van der Waals surface area (Å²) >= 11 is 5.11. The zero-order valence-corrected chi connectivity index (χ0v) is 10.9. The number of carboxylic acids is 1. The van der Waals surface area contributed by atoms with Crippen LogP contribution in [-0.2, 0) is 0 Å². The molecular weight excluding hydrogens is 236 g/mol. The summed E-state index contributed by atoms with van der Waals surface area (Å²) in [5, 5.41) is 15.5. The first-order valence-corrected chi connectivity index (χ1v) is 5.73. The molecule has 0 bridgehead atoms. The summed E-state index contributed by atoms with van der Waals surface area (Å²) in [7, 11) is 0. The summed E-state index contributed by atoms with van der Waals surface area (Å²) in [4.78, 5) is 11.0. The van der Waals surface area contributed by atoms with Crippen molar-refractivity contribution < 1.29 is 9.90 Å². The van der Waals surface area contributed by atoms with Gasteiger partial charge in [0.2, 0.25) is 0 Å². The summed E-state index contributed by atoms with van der Waals surface area (Å²) < 4.78 is 0. The molecule has 4 nitrogen and oxygen atoms in total. The quantitative estimate of drug-likeness (QED) is 0.721. The van der Waals surface area contributed by atoms with Crippen molar-refractivity contribution in [1.82, 2.24) is 5.32 Å². The van der Waals surface area contributed by atoms with E-state index in [1.165, 1.54) is 0 Å². The molecule has 5 heteroatoms. The van der Waals surface area contributed by atoms with E-state index in [1.54, 1.807) is 25.1 Å². The van der Waals surface area contributed by atoms with Crippen molar-refractivity contribution in [3.8, 4) is 0 Å². The van der Waals surface area contributed by atoms with Crippen LogP contribution < -0.4 is 10.6 Å². The van der Waals surface area contributed by atoms with Gasteiger partial charge >= 0.3 is 5.97 Å². The zero-order chi connectivity index (χ0) is 13.0. The molecule has 0 aliphatic rings. The lowest BCUT2D eigenvalue weighted by Crippen LogP contribution is -2.34. The van der Waals surface area contributed by atoms with Gasteiger partial charge in [-0.3, -0.25) is 0 Å². The first-order valence-electron chi connectivity index (χ1n) is 5.32. The number of aromatic carboxylic acids is 1. The molecule has 0 aliphatic heterocycles. The third-order valence-electron chi connectivity index (χ3n) is 2.23. The number of carbonyl (C=O) groups is 1. The van der Waals surface area contributed by atoms with Crippen molar-refractivity contribution in [3.05, 3.63) is 29.3 Å². The number of anilines is 1. The highest BCUT2D eigenvalue weighted by Gasteiger charge is 2.10. The molecule has 92 valence electrons. The van der Waals surface area contributed by atoms with Gasteiger partial charge in [0.1, 0.15) is 0 Å². The van der Waals surface area contributed by atoms with E-state index in [0.29, 0.717) is 16.4 Å². The standard InChI is InChI=1S/C12H16N2O2S/c1-7(2)13-12(17)14-10-6-4-5-9(8(10)3)11(15)16/h4-7H,1-3H3,(H,15,16)(H2,13,14,17).